The summed E-state index contributed by atoms with van der Waals surface area (Å²) in [5, 5.41) is 0. The monoisotopic (exact) mass is 255 g/mol. The molecule has 0 unspecified atom stereocenters. The van der Waals surface area contributed by atoms with Crippen molar-refractivity contribution in [2.24, 2.45) is 0 Å². The Morgan fingerprint density at radius 2 is 1.95 bits per heavy atom. The van der Waals surface area contributed by atoms with Gasteiger partial charge in [0.2, 0.25) is 0 Å². The number of carbonyl (C=O) groups excluding carboxylic acids is 1. The second-order valence-electron chi connectivity index (χ2n) is 4.75. The molecule has 0 saturated heterocycles. The maximum Gasteiger partial charge on any atom is 0.164 e. The molecule has 1 heterocycles. The first kappa shape index (κ1) is 12.0. The third kappa shape index (κ3) is 2.16. The van der Waals surface area contributed by atoms with Crippen LogP contribution in [0.25, 0.3) is 5.69 Å². The number of nitrogens with zero attached hydrogens (tertiary/aromatic N) is 1. The molecule has 3 nitrogen and oxygen atoms in total. The highest BCUT2D eigenvalue weighted by Gasteiger charge is 2.20. The van der Waals surface area contributed by atoms with Gasteiger partial charge in [-0.1, -0.05) is 0 Å². The summed E-state index contributed by atoms with van der Waals surface area (Å²) in [5.41, 5.74) is 3.11. The summed E-state index contributed by atoms with van der Waals surface area (Å²) in [6, 6.07) is 9.94. The fraction of sp³-hybridized carbons (Fsp3) is 0.312. The summed E-state index contributed by atoms with van der Waals surface area (Å²) in [7, 11) is 0. The van der Waals surface area contributed by atoms with E-state index in [1.54, 1.807) is 0 Å². The number of carbonyl (C=O) groups is 1. The number of hydrogen-bond acceptors (Lipinski definition) is 2. The zero-order chi connectivity index (χ0) is 13.2. The van der Waals surface area contributed by atoms with E-state index in [0.717, 1.165) is 35.5 Å². The van der Waals surface area contributed by atoms with E-state index in [1.807, 2.05) is 43.5 Å². The lowest BCUT2D eigenvalue weighted by atomic mass is 9.97. The van der Waals surface area contributed by atoms with Gasteiger partial charge < -0.3 is 9.30 Å². The van der Waals surface area contributed by atoms with E-state index in [0.29, 0.717) is 13.0 Å². The molecule has 2 aromatic rings. The largest absolute Gasteiger partial charge is 0.494 e. The topological polar surface area (TPSA) is 31.2 Å². The van der Waals surface area contributed by atoms with Crippen LogP contribution in [0.3, 0.4) is 0 Å². The number of Topliss-reactive ketones (excluding diaryl/α,β-unsaturated/α-hetero) is 1. The fourth-order valence-corrected chi connectivity index (χ4v) is 2.64. The Kier molecular flexibility index (Phi) is 3.11. The van der Waals surface area contributed by atoms with E-state index in [1.165, 1.54) is 0 Å². The molecule has 19 heavy (non-hydrogen) atoms. The quantitative estimate of drug-likeness (QED) is 0.841. The summed E-state index contributed by atoms with van der Waals surface area (Å²) in [4.78, 5) is 11.8. The van der Waals surface area contributed by atoms with Gasteiger partial charge >= 0.3 is 0 Å². The zero-order valence-electron chi connectivity index (χ0n) is 11.1. The summed E-state index contributed by atoms with van der Waals surface area (Å²) < 4.78 is 7.56. The first-order valence-corrected chi connectivity index (χ1v) is 6.76. The van der Waals surface area contributed by atoms with Crippen molar-refractivity contribution in [2.45, 2.75) is 26.2 Å². The van der Waals surface area contributed by atoms with Crippen molar-refractivity contribution in [1.82, 2.24) is 4.57 Å². The molecule has 98 valence electrons. The highest BCUT2D eigenvalue weighted by molar-refractivity contribution is 5.98. The van der Waals surface area contributed by atoms with E-state index in [9.17, 15) is 4.79 Å². The molecule has 0 aliphatic heterocycles. The molecule has 0 atom stereocenters. The van der Waals surface area contributed by atoms with Gasteiger partial charge in [0.25, 0.3) is 0 Å². The van der Waals surface area contributed by atoms with Crippen LogP contribution < -0.4 is 4.74 Å². The molecule has 1 aromatic carbocycles. The number of rotatable bonds is 3. The minimum absolute atomic E-state index is 0.269. The standard InChI is InChI=1S/C16H17NO2/c1-2-19-13-8-6-12(7-9-13)17-11-10-14-15(17)4-3-5-16(14)18/h6-11H,2-5H2,1H3. The SMILES string of the molecule is CCOc1ccc(-n2ccc3c2CCCC3=O)cc1. The predicted molar refractivity (Wildman–Crippen MR) is 74.2 cm³/mol. The van der Waals surface area contributed by atoms with Crippen molar-refractivity contribution in [2.75, 3.05) is 6.61 Å². The lowest BCUT2D eigenvalue weighted by Crippen LogP contribution is -2.12. The Labute approximate surface area is 112 Å². The minimum atomic E-state index is 0.269. The Morgan fingerprint density at radius 1 is 1.16 bits per heavy atom. The molecule has 0 saturated carbocycles. The summed E-state index contributed by atoms with van der Waals surface area (Å²) in [5.74, 6) is 1.15. The van der Waals surface area contributed by atoms with Crippen LogP contribution in [0.15, 0.2) is 36.5 Å². The maximum absolute atomic E-state index is 11.8. The summed E-state index contributed by atoms with van der Waals surface area (Å²) in [6.07, 6.45) is 4.60. The van der Waals surface area contributed by atoms with Crippen LogP contribution in [-0.2, 0) is 6.42 Å². The number of benzene rings is 1. The Bertz CT molecular complexity index is 596. The molecule has 0 fully saturated rings. The normalized spacial score (nSPS) is 14.3. The third-order valence-electron chi connectivity index (χ3n) is 3.54. The van der Waals surface area contributed by atoms with Crippen molar-refractivity contribution in [1.29, 1.82) is 0 Å². The molecule has 0 amide bonds. The number of fused-ring (bicyclic) bond motifs is 1. The van der Waals surface area contributed by atoms with Crippen molar-refractivity contribution in [3.05, 3.63) is 47.8 Å². The fourth-order valence-electron chi connectivity index (χ4n) is 2.64. The number of ketones is 1. The first-order valence-electron chi connectivity index (χ1n) is 6.76. The van der Waals surface area contributed by atoms with Gasteiger partial charge in [-0.05, 0) is 50.1 Å². The average Bonchev–Trinajstić information content (AvgIpc) is 2.85. The Hall–Kier alpha value is -2.03. The molecular weight excluding hydrogens is 238 g/mol. The average molecular weight is 255 g/mol. The van der Waals surface area contributed by atoms with Gasteiger partial charge in [-0.3, -0.25) is 4.79 Å². The highest BCUT2D eigenvalue weighted by Crippen LogP contribution is 2.26. The van der Waals surface area contributed by atoms with Crippen LogP contribution in [0.2, 0.25) is 0 Å². The van der Waals surface area contributed by atoms with E-state index < -0.39 is 0 Å². The third-order valence-corrected chi connectivity index (χ3v) is 3.54. The smallest absolute Gasteiger partial charge is 0.164 e. The summed E-state index contributed by atoms with van der Waals surface area (Å²) >= 11 is 0. The first-order chi connectivity index (χ1) is 9.29. The van der Waals surface area contributed by atoms with Gasteiger partial charge in [0.1, 0.15) is 5.75 Å². The van der Waals surface area contributed by atoms with Gasteiger partial charge in [-0.15, -0.1) is 0 Å². The molecule has 1 aliphatic rings. The van der Waals surface area contributed by atoms with Crippen molar-refractivity contribution < 1.29 is 9.53 Å². The van der Waals surface area contributed by atoms with Gasteiger partial charge in [0, 0.05) is 29.6 Å². The molecule has 0 spiro atoms. The van der Waals surface area contributed by atoms with Crippen LogP contribution in [-0.4, -0.2) is 17.0 Å². The van der Waals surface area contributed by atoms with Crippen LogP contribution in [0.5, 0.6) is 5.75 Å². The second-order valence-corrected chi connectivity index (χ2v) is 4.75. The van der Waals surface area contributed by atoms with Gasteiger partial charge in [-0.2, -0.15) is 0 Å². The molecule has 3 rings (SSSR count). The van der Waals surface area contributed by atoms with Crippen molar-refractivity contribution in [3.63, 3.8) is 0 Å². The molecule has 0 bridgehead atoms. The van der Waals surface area contributed by atoms with E-state index in [-0.39, 0.29) is 5.78 Å². The highest BCUT2D eigenvalue weighted by atomic mass is 16.5. The van der Waals surface area contributed by atoms with Gasteiger partial charge in [0.15, 0.2) is 5.78 Å². The van der Waals surface area contributed by atoms with Gasteiger partial charge in [-0.25, -0.2) is 0 Å². The van der Waals surface area contributed by atoms with E-state index >= 15 is 0 Å². The lowest BCUT2D eigenvalue weighted by Gasteiger charge is -2.15. The second kappa shape index (κ2) is 4.92. The minimum Gasteiger partial charge on any atom is -0.494 e. The summed E-state index contributed by atoms with van der Waals surface area (Å²) in [6.45, 7) is 2.65. The lowest BCUT2D eigenvalue weighted by molar-refractivity contribution is 0.0972. The van der Waals surface area contributed by atoms with Crippen molar-refractivity contribution in [3.8, 4) is 11.4 Å². The van der Waals surface area contributed by atoms with Crippen LogP contribution in [0, 0.1) is 0 Å². The maximum atomic E-state index is 11.8. The zero-order valence-corrected chi connectivity index (χ0v) is 11.1. The molecule has 1 aromatic heterocycles. The number of aromatic nitrogens is 1. The van der Waals surface area contributed by atoms with Crippen LogP contribution in [0.4, 0.5) is 0 Å². The predicted octanol–water partition coefficient (Wildman–Crippen LogP) is 3.40. The number of hydrogen-bond donors (Lipinski definition) is 0. The van der Waals surface area contributed by atoms with E-state index in [4.69, 9.17) is 4.74 Å². The van der Waals surface area contributed by atoms with Crippen LogP contribution >= 0.6 is 0 Å². The van der Waals surface area contributed by atoms with Crippen LogP contribution in [0.1, 0.15) is 35.8 Å². The molecular formula is C16H17NO2. The van der Waals surface area contributed by atoms with Gasteiger partial charge in [0.05, 0.1) is 6.61 Å². The molecule has 0 radical (unpaired) electrons. The number of ether oxygens (including phenoxy) is 1. The Morgan fingerprint density at radius 3 is 2.68 bits per heavy atom. The molecule has 0 N–H and O–H groups in total. The van der Waals surface area contributed by atoms with Crippen molar-refractivity contribution >= 4 is 5.78 Å². The molecule has 3 heteroatoms. The molecule has 1 aliphatic carbocycles. The van der Waals surface area contributed by atoms with E-state index in [2.05, 4.69) is 4.57 Å². The Balaban J connectivity index is 1.96.